The second-order valence-electron chi connectivity index (χ2n) is 3.69. The van der Waals surface area contributed by atoms with E-state index in [0.717, 1.165) is 5.56 Å². The molecule has 0 aliphatic heterocycles. The van der Waals surface area contributed by atoms with Crippen LogP contribution in [0.25, 0.3) is 0 Å². The first-order chi connectivity index (χ1) is 7.93. The predicted molar refractivity (Wildman–Crippen MR) is 61.1 cm³/mol. The third kappa shape index (κ3) is 2.34. The molecular weight excluding hydrogens is 224 g/mol. The van der Waals surface area contributed by atoms with Crippen LogP contribution in [0.4, 0.5) is 0 Å². The van der Waals surface area contributed by atoms with E-state index >= 15 is 0 Å². The summed E-state index contributed by atoms with van der Waals surface area (Å²) in [7, 11) is 2.65. The average molecular weight is 240 g/mol. The summed E-state index contributed by atoms with van der Waals surface area (Å²) >= 11 is 0. The van der Waals surface area contributed by atoms with Gasteiger partial charge in [-0.05, 0) is 31.0 Å². The van der Waals surface area contributed by atoms with Crippen molar-refractivity contribution >= 4 is 5.97 Å². The van der Waals surface area contributed by atoms with Crippen LogP contribution in [-0.2, 0) is 9.53 Å². The van der Waals surface area contributed by atoms with Gasteiger partial charge in [-0.2, -0.15) is 0 Å². The Morgan fingerprint density at radius 3 is 2.35 bits per heavy atom. The lowest BCUT2D eigenvalue weighted by Crippen LogP contribution is -2.14. The molecule has 1 aromatic rings. The molecule has 0 saturated heterocycles. The molecular formula is C12H16O5. The van der Waals surface area contributed by atoms with Gasteiger partial charge in [0.25, 0.3) is 0 Å². The van der Waals surface area contributed by atoms with Gasteiger partial charge in [-0.3, -0.25) is 0 Å². The lowest BCUT2D eigenvalue weighted by atomic mass is 9.99. The third-order valence-electron chi connectivity index (χ3n) is 2.79. The zero-order chi connectivity index (χ0) is 13.2. The number of aliphatic hydroxyl groups excluding tert-OH is 1. The minimum absolute atomic E-state index is 0.0804. The molecule has 0 radical (unpaired) electrons. The van der Waals surface area contributed by atoms with E-state index in [1.54, 1.807) is 13.8 Å². The third-order valence-corrected chi connectivity index (χ3v) is 2.79. The maximum atomic E-state index is 11.2. The van der Waals surface area contributed by atoms with Crippen molar-refractivity contribution < 1.29 is 24.5 Å². The van der Waals surface area contributed by atoms with Gasteiger partial charge in [0, 0.05) is 5.56 Å². The van der Waals surface area contributed by atoms with Crippen molar-refractivity contribution in [3.63, 3.8) is 0 Å². The highest BCUT2D eigenvalue weighted by Crippen LogP contribution is 2.36. The Balaban J connectivity index is 3.34. The number of rotatable bonds is 3. The quantitative estimate of drug-likeness (QED) is 0.777. The van der Waals surface area contributed by atoms with Gasteiger partial charge in [0.2, 0.25) is 0 Å². The van der Waals surface area contributed by atoms with Gasteiger partial charge in [-0.1, -0.05) is 0 Å². The van der Waals surface area contributed by atoms with E-state index in [2.05, 4.69) is 4.74 Å². The smallest absolute Gasteiger partial charge is 0.339 e. The van der Waals surface area contributed by atoms with Crippen LogP contribution in [0.5, 0.6) is 11.5 Å². The summed E-state index contributed by atoms with van der Waals surface area (Å²) in [4.78, 5) is 11.2. The Morgan fingerprint density at radius 2 is 1.88 bits per heavy atom. The minimum Gasteiger partial charge on any atom is -0.507 e. The van der Waals surface area contributed by atoms with Gasteiger partial charge in [0.05, 0.1) is 14.2 Å². The molecule has 0 amide bonds. The number of aromatic hydroxyl groups is 1. The number of ether oxygens (including phenoxy) is 2. The topological polar surface area (TPSA) is 76.0 Å². The summed E-state index contributed by atoms with van der Waals surface area (Å²) in [5.74, 6) is -0.454. The van der Waals surface area contributed by atoms with Crippen LogP contribution in [0.3, 0.4) is 0 Å². The maximum Gasteiger partial charge on any atom is 0.339 e. The fourth-order valence-electron chi connectivity index (χ4n) is 1.56. The monoisotopic (exact) mass is 240 g/mol. The Kier molecular flexibility index (Phi) is 3.96. The zero-order valence-electron chi connectivity index (χ0n) is 10.3. The van der Waals surface area contributed by atoms with Crippen molar-refractivity contribution in [2.24, 2.45) is 0 Å². The first-order valence-electron chi connectivity index (χ1n) is 5.07. The molecule has 0 spiro atoms. The molecule has 0 fully saturated rings. The van der Waals surface area contributed by atoms with E-state index in [-0.39, 0.29) is 11.3 Å². The van der Waals surface area contributed by atoms with E-state index in [0.29, 0.717) is 11.3 Å². The number of esters is 1. The second-order valence-corrected chi connectivity index (χ2v) is 3.69. The molecule has 17 heavy (non-hydrogen) atoms. The van der Waals surface area contributed by atoms with Gasteiger partial charge >= 0.3 is 5.97 Å². The Bertz CT molecular complexity index is 439. The lowest BCUT2D eigenvalue weighted by molar-refractivity contribution is -0.150. The standard InChI is InChI=1S/C12H16O5/c1-6-7(2)10(13)8(5-9(6)16-3)11(14)12(15)17-4/h5,11,13-14H,1-4H3. The lowest BCUT2D eigenvalue weighted by Gasteiger charge is -2.16. The molecule has 1 rings (SSSR count). The fourth-order valence-corrected chi connectivity index (χ4v) is 1.56. The van der Waals surface area contributed by atoms with Crippen molar-refractivity contribution in [3.8, 4) is 11.5 Å². The predicted octanol–water partition coefficient (Wildman–Crippen LogP) is 1.22. The van der Waals surface area contributed by atoms with Crippen molar-refractivity contribution in [2.75, 3.05) is 14.2 Å². The van der Waals surface area contributed by atoms with Gasteiger partial charge in [0.1, 0.15) is 11.5 Å². The molecule has 5 heteroatoms. The molecule has 0 saturated carbocycles. The minimum atomic E-state index is -1.52. The summed E-state index contributed by atoms with van der Waals surface area (Å²) < 4.78 is 9.53. The molecule has 0 bridgehead atoms. The summed E-state index contributed by atoms with van der Waals surface area (Å²) in [6.45, 7) is 3.46. The molecule has 1 atom stereocenters. The SMILES string of the molecule is COC(=O)C(O)c1cc(OC)c(C)c(C)c1O. The number of carbonyl (C=O) groups excluding carboxylic acids is 1. The van der Waals surface area contributed by atoms with Crippen LogP contribution in [0.15, 0.2) is 6.07 Å². The van der Waals surface area contributed by atoms with Crippen LogP contribution in [0.1, 0.15) is 22.8 Å². The normalized spacial score (nSPS) is 12.1. The number of phenolic OH excluding ortho intramolecular Hbond substituents is 1. The van der Waals surface area contributed by atoms with Crippen LogP contribution in [-0.4, -0.2) is 30.4 Å². The second kappa shape index (κ2) is 5.05. The van der Waals surface area contributed by atoms with E-state index < -0.39 is 12.1 Å². The highest BCUT2D eigenvalue weighted by atomic mass is 16.5. The van der Waals surface area contributed by atoms with Gasteiger partial charge in [0.15, 0.2) is 6.10 Å². The van der Waals surface area contributed by atoms with E-state index in [1.165, 1.54) is 20.3 Å². The molecule has 5 nitrogen and oxygen atoms in total. The number of benzene rings is 1. The Hall–Kier alpha value is -1.75. The van der Waals surface area contributed by atoms with Crippen LogP contribution in [0.2, 0.25) is 0 Å². The van der Waals surface area contributed by atoms with Crippen LogP contribution < -0.4 is 4.74 Å². The number of hydrogen-bond donors (Lipinski definition) is 2. The fraction of sp³-hybridized carbons (Fsp3) is 0.417. The van der Waals surface area contributed by atoms with Gasteiger partial charge in [-0.25, -0.2) is 4.79 Å². The summed E-state index contributed by atoms with van der Waals surface area (Å²) in [5, 5.41) is 19.6. The summed E-state index contributed by atoms with van der Waals surface area (Å²) in [6, 6.07) is 1.43. The van der Waals surface area contributed by atoms with Gasteiger partial charge < -0.3 is 19.7 Å². The largest absolute Gasteiger partial charge is 0.507 e. The molecule has 0 heterocycles. The number of hydrogen-bond acceptors (Lipinski definition) is 5. The van der Waals surface area contributed by atoms with Crippen LogP contribution in [0, 0.1) is 13.8 Å². The Labute approximate surface area is 99.6 Å². The summed E-state index contributed by atoms with van der Waals surface area (Å²) in [5.41, 5.74) is 1.39. The van der Waals surface area contributed by atoms with Crippen molar-refractivity contribution in [1.82, 2.24) is 0 Å². The molecule has 94 valence electrons. The molecule has 1 unspecified atom stereocenters. The zero-order valence-corrected chi connectivity index (χ0v) is 10.3. The molecule has 0 aliphatic rings. The number of phenols is 1. The summed E-state index contributed by atoms with van der Waals surface area (Å²) in [6.07, 6.45) is -1.52. The molecule has 1 aromatic carbocycles. The molecule has 2 N–H and O–H groups in total. The number of aliphatic hydroxyl groups is 1. The highest BCUT2D eigenvalue weighted by Gasteiger charge is 2.24. The van der Waals surface area contributed by atoms with E-state index in [4.69, 9.17) is 4.74 Å². The average Bonchev–Trinajstić information content (AvgIpc) is 2.34. The van der Waals surface area contributed by atoms with Crippen LogP contribution >= 0.6 is 0 Å². The van der Waals surface area contributed by atoms with Gasteiger partial charge in [-0.15, -0.1) is 0 Å². The maximum absolute atomic E-state index is 11.2. The first-order valence-corrected chi connectivity index (χ1v) is 5.07. The molecule has 0 aromatic heterocycles. The van der Waals surface area contributed by atoms with Crippen molar-refractivity contribution in [3.05, 3.63) is 22.8 Å². The molecule has 0 aliphatic carbocycles. The van der Waals surface area contributed by atoms with E-state index in [9.17, 15) is 15.0 Å². The van der Waals surface area contributed by atoms with Crippen molar-refractivity contribution in [2.45, 2.75) is 20.0 Å². The number of methoxy groups -OCH3 is 2. The Morgan fingerprint density at radius 1 is 1.29 bits per heavy atom. The number of carbonyl (C=O) groups is 1. The van der Waals surface area contributed by atoms with Crippen molar-refractivity contribution in [1.29, 1.82) is 0 Å². The highest BCUT2D eigenvalue weighted by molar-refractivity contribution is 5.78. The first kappa shape index (κ1) is 13.3. The van der Waals surface area contributed by atoms with E-state index in [1.807, 2.05) is 0 Å².